The number of carbonyl (C=O) groups is 2. The molecule has 1 unspecified atom stereocenters. The van der Waals surface area contributed by atoms with Gasteiger partial charge in [0, 0.05) is 18.5 Å². The Hall–Kier alpha value is -1.50. The fourth-order valence-corrected chi connectivity index (χ4v) is 2.05. The van der Waals surface area contributed by atoms with Crippen molar-refractivity contribution in [1.29, 1.82) is 0 Å². The van der Waals surface area contributed by atoms with E-state index in [1.165, 1.54) is 0 Å². The molecule has 1 N–H and O–H groups in total. The van der Waals surface area contributed by atoms with E-state index >= 15 is 0 Å². The first-order chi connectivity index (χ1) is 13.5. The first-order valence-corrected chi connectivity index (χ1v) is 9.32. The summed E-state index contributed by atoms with van der Waals surface area (Å²) >= 11 is 2.49. The molecule has 1 amide bonds. The zero-order valence-electron chi connectivity index (χ0n) is 16.4. The van der Waals surface area contributed by atoms with Gasteiger partial charge in [-0.3, -0.25) is 4.79 Å². The lowest BCUT2D eigenvalue weighted by Gasteiger charge is -2.33. The van der Waals surface area contributed by atoms with Gasteiger partial charge in [-0.25, -0.2) is 4.79 Å². The van der Waals surface area contributed by atoms with Crippen LogP contribution in [0.4, 0.5) is 30.7 Å². The van der Waals surface area contributed by atoms with Gasteiger partial charge in [0.25, 0.3) is 0 Å². The average Bonchev–Trinajstić information content (AvgIpc) is 2.57. The van der Waals surface area contributed by atoms with E-state index in [4.69, 9.17) is 0 Å². The number of unbranched alkanes of at least 4 members (excludes halogenated alkanes) is 2. The fourth-order valence-electron chi connectivity index (χ4n) is 1.94. The molecule has 13 heteroatoms. The molecule has 0 aromatic heterocycles. The number of esters is 1. The maximum Gasteiger partial charge on any atom is 0.466 e. The fraction of sp³-hybridized carbons (Fsp3) is 0.765. The second-order valence-electron chi connectivity index (χ2n) is 6.44. The van der Waals surface area contributed by atoms with Crippen LogP contribution in [-0.2, 0) is 19.1 Å². The van der Waals surface area contributed by atoms with E-state index in [-0.39, 0.29) is 6.54 Å². The summed E-state index contributed by atoms with van der Waals surface area (Å²) in [6.45, 7) is 4.71. The van der Waals surface area contributed by atoms with Crippen molar-refractivity contribution in [3.8, 4) is 0 Å². The number of halogens is 7. The van der Waals surface area contributed by atoms with Crippen LogP contribution in [0.25, 0.3) is 0 Å². The van der Waals surface area contributed by atoms with Crippen molar-refractivity contribution in [2.24, 2.45) is 0 Å². The van der Waals surface area contributed by atoms with E-state index in [1.807, 2.05) is 5.32 Å². The van der Waals surface area contributed by atoms with Crippen LogP contribution in [0.15, 0.2) is 12.2 Å². The Balaban J connectivity index is 5.39. The van der Waals surface area contributed by atoms with E-state index in [0.717, 1.165) is 6.92 Å². The summed E-state index contributed by atoms with van der Waals surface area (Å²) in [4.78, 5) is 23.9. The standard InChI is InChI=1S/C17H24F7NO4S/c1-4-5-9-25-13(27)15(16(20,21)22,29-12(26)11(2)3)28-10-7-6-8-14(18,19)17(23,24)30/h30H,2,4-10H2,1,3H3,(H,25,27). The molecule has 0 saturated carbocycles. The molecule has 0 aliphatic heterocycles. The first kappa shape index (κ1) is 28.5. The molecule has 0 aliphatic rings. The monoisotopic (exact) mass is 471 g/mol. The van der Waals surface area contributed by atoms with Gasteiger partial charge in [0.1, 0.15) is 0 Å². The number of thiol groups is 1. The molecule has 0 aliphatic carbocycles. The number of hydrogen-bond acceptors (Lipinski definition) is 5. The molecule has 0 fully saturated rings. The van der Waals surface area contributed by atoms with E-state index in [2.05, 4.69) is 28.7 Å². The zero-order valence-corrected chi connectivity index (χ0v) is 17.3. The Kier molecular flexibility index (Phi) is 10.7. The molecule has 30 heavy (non-hydrogen) atoms. The summed E-state index contributed by atoms with van der Waals surface area (Å²) in [5.41, 5.74) is -0.454. The van der Waals surface area contributed by atoms with Crippen LogP contribution in [0.2, 0.25) is 0 Å². The molecular weight excluding hydrogens is 447 g/mol. The Morgan fingerprint density at radius 2 is 1.60 bits per heavy atom. The quantitative estimate of drug-likeness (QED) is 0.103. The summed E-state index contributed by atoms with van der Waals surface area (Å²) in [6.07, 6.45) is -7.31. The molecule has 0 saturated heterocycles. The number of nitrogens with one attached hydrogen (secondary N) is 1. The lowest BCUT2D eigenvalue weighted by Crippen LogP contribution is -2.61. The van der Waals surface area contributed by atoms with Gasteiger partial charge in [0.15, 0.2) is 0 Å². The zero-order chi connectivity index (χ0) is 23.8. The third-order valence-electron chi connectivity index (χ3n) is 3.70. The Morgan fingerprint density at radius 3 is 2.03 bits per heavy atom. The number of rotatable bonds is 13. The van der Waals surface area contributed by atoms with Crippen molar-refractivity contribution < 1.29 is 49.8 Å². The minimum atomic E-state index is -5.53. The van der Waals surface area contributed by atoms with Crippen LogP contribution in [0, 0.1) is 0 Å². The van der Waals surface area contributed by atoms with Crippen molar-refractivity contribution >= 4 is 24.5 Å². The van der Waals surface area contributed by atoms with Crippen molar-refractivity contribution in [2.45, 2.75) is 69.1 Å². The number of amides is 1. The molecule has 0 aromatic carbocycles. The third kappa shape index (κ3) is 7.97. The Morgan fingerprint density at radius 1 is 1.03 bits per heavy atom. The van der Waals surface area contributed by atoms with Gasteiger partial charge in [-0.15, -0.1) is 0 Å². The summed E-state index contributed by atoms with van der Waals surface area (Å²) in [6, 6.07) is 0. The van der Waals surface area contributed by atoms with Crippen LogP contribution >= 0.6 is 12.6 Å². The van der Waals surface area contributed by atoms with Crippen LogP contribution in [0.5, 0.6) is 0 Å². The van der Waals surface area contributed by atoms with Gasteiger partial charge in [0.2, 0.25) is 0 Å². The normalized spacial score (nSPS) is 14.7. The minimum absolute atomic E-state index is 0.176. The molecule has 0 radical (unpaired) electrons. The molecular formula is C17H24F7NO4S. The van der Waals surface area contributed by atoms with E-state index < -0.39 is 66.5 Å². The van der Waals surface area contributed by atoms with Gasteiger partial charge < -0.3 is 14.8 Å². The molecule has 0 bridgehead atoms. The highest BCUT2D eigenvalue weighted by molar-refractivity contribution is 7.81. The largest absolute Gasteiger partial charge is 0.466 e. The van der Waals surface area contributed by atoms with E-state index in [1.54, 1.807) is 6.92 Å². The van der Waals surface area contributed by atoms with E-state index in [9.17, 15) is 40.3 Å². The summed E-state index contributed by atoms with van der Waals surface area (Å²) < 4.78 is 101. The minimum Gasteiger partial charge on any atom is -0.412 e. The topological polar surface area (TPSA) is 64.6 Å². The van der Waals surface area contributed by atoms with E-state index in [0.29, 0.717) is 12.8 Å². The van der Waals surface area contributed by atoms with Gasteiger partial charge in [-0.2, -0.15) is 30.7 Å². The molecule has 5 nitrogen and oxygen atoms in total. The van der Waals surface area contributed by atoms with Crippen LogP contribution < -0.4 is 5.32 Å². The highest BCUT2D eigenvalue weighted by Gasteiger charge is 2.66. The molecule has 0 spiro atoms. The van der Waals surface area contributed by atoms with Gasteiger partial charge in [0.05, 0.1) is 6.61 Å². The van der Waals surface area contributed by atoms with Crippen molar-refractivity contribution in [3.63, 3.8) is 0 Å². The Bertz CT molecular complexity index is 608. The van der Waals surface area contributed by atoms with Crippen molar-refractivity contribution in [2.75, 3.05) is 13.2 Å². The van der Waals surface area contributed by atoms with Crippen LogP contribution in [0.1, 0.15) is 46.0 Å². The van der Waals surface area contributed by atoms with Gasteiger partial charge in [-0.1, -0.05) is 32.6 Å². The third-order valence-corrected chi connectivity index (χ3v) is 4.03. The predicted molar refractivity (Wildman–Crippen MR) is 96.3 cm³/mol. The van der Waals surface area contributed by atoms with Crippen LogP contribution in [0.3, 0.4) is 0 Å². The smallest absolute Gasteiger partial charge is 0.412 e. The Labute approximate surface area is 174 Å². The lowest BCUT2D eigenvalue weighted by atomic mass is 10.1. The highest BCUT2D eigenvalue weighted by Crippen LogP contribution is 2.41. The van der Waals surface area contributed by atoms with Gasteiger partial charge in [-0.05, 0) is 26.2 Å². The second kappa shape index (κ2) is 11.2. The number of ether oxygens (including phenoxy) is 2. The SMILES string of the molecule is C=C(C)C(=O)OC(OCCCCC(F)(F)C(F)(F)S)(C(=O)NCCCC)C(F)(F)F. The molecule has 176 valence electrons. The van der Waals surface area contributed by atoms with Crippen LogP contribution in [-0.4, -0.2) is 48.2 Å². The second-order valence-corrected chi connectivity index (χ2v) is 7.01. The molecule has 1 atom stereocenters. The summed E-state index contributed by atoms with van der Waals surface area (Å²) in [5.74, 6) is -11.9. The van der Waals surface area contributed by atoms with Gasteiger partial charge >= 0.3 is 35.0 Å². The number of alkyl halides is 7. The maximum absolute atomic E-state index is 13.7. The molecule has 0 heterocycles. The van der Waals surface area contributed by atoms with Crippen molar-refractivity contribution in [3.05, 3.63) is 12.2 Å². The first-order valence-electron chi connectivity index (χ1n) is 8.87. The summed E-state index contributed by atoms with van der Waals surface area (Å²) in [7, 11) is 0. The molecule has 0 aromatic rings. The molecule has 0 rings (SSSR count). The lowest BCUT2D eigenvalue weighted by molar-refractivity contribution is -0.347. The maximum atomic E-state index is 13.7. The number of hydrogen-bond donors (Lipinski definition) is 2. The number of carbonyl (C=O) groups excluding carboxylic acids is 2. The average molecular weight is 471 g/mol. The predicted octanol–water partition coefficient (Wildman–Crippen LogP) is 4.63. The summed E-state index contributed by atoms with van der Waals surface area (Å²) in [5, 5.41) is -2.67. The highest BCUT2D eigenvalue weighted by atomic mass is 32.1. The van der Waals surface area contributed by atoms with Crippen molar-refractivity contribution in [1.82, 2.24) is 5.32 Å².